The summed E-state index contributed by atoms with van der Waals surface area (Å²) in [6, 6.07) is 0. The van der Waals surface area contributed by atoms with Crippen molar-refractivity contribution in [2.75, 3.05) is 13.2 Å². The molecule has 0 saturated heterocycles. The zero-order valence-corrected chi connectivity index (χ0v) is 17.8. The smallest absolute Gasteiger partial charge is 0.545 e. The van der Waals surface area contributed by atoms with Crippen LogP contribution in [0.2, 0.25) is 0 Å². The Kier molecular flexibility index (Phi) is 15.1. The summed E-state index contributed by atoms with van der Waals surface area (Å²) >= 11 is 0. The largest absolute Gasteiger partial charge is 2.00 e. The SMILES string of the molecule is N[C@](O)(C(=O)[O-])[C@@H](O)[C@H](O)[C@H](O)CO.N[C@](O)(C(=O)[O-])[C@@H](O)[C@H](O)[C@H](O)CO.[Zn+2]. The van der Waals surface area contributed by atoms with Crippen molar-refractivity contribution in [2.45, 2.75) is 48.1 Å². The van der Waals surface area contributed by atoms with Crippen LogP contribution in [0.5, 0.6) is 0 Å². The number of aliphatic carboxylic acids is 2. The molecule has 0 radical (unpaired) electrons. The van der Waals surface area contributed by atoms with Gasteiger partial charge in [-0.1, -0.05) is 0 Å². The van der Waals surface area contributed by atoms with Gasteiger partial charge in [-0.05, 0) is 0 Å². The van der Waals surface area contributed by atoms with E-state index in [1.54, 1.807) is 0 Å². The topological polar surface area (TPSA) is 335 Å². The molecule has 0 spiro atoms. The summed E-state index contributed by atoms with van der Waals surface area (Å²) in [4.78, 5) is 20.4. The number of carboxylic acids is 2. The summed E-state index contributed by atoms with van der Waals surface area (Å²) in [6.45, 7) is -1.86. The fourth-order valence-corrected chi connectivity index (χ4v) is 1.40. The van der Waals surface area contributed by atoms with Gasteiger partial charge in [0.1, 0.15) is 36.6 Å². The van der Waals surface area contributed by atoms with E-state index in [1.165, 1.54) is 0 Å². The summed E-state index contributed by atoms with van der Waals surface area (Å²) < 4.78 is 0. The van der Waals surface area contributed by atoms with E-state index in [0.717, 1.165) is 0 Å². The van der Waals surface area contributed by atoms with E-state index in [0.29, 0.717) is 0 Å². The van der Waals surface area contributed by atoms with Crippen molar-refractivity contribution < 1.29 is 90.3 Å². The fourth-order valence-electron chi connectivity index (χ4n) is 1.40. The average molecular weight is 486 g/mol. The van der Waals surface area contributed by atoms with Gasteiger partial charge in [0.2, 0.25) is 0 Å². The molecule has 0 rings (SSSR count). The van der Waals surface area contributed by atoms with Crippen LogP contribution in [0.1, 0.15) is 0 Å². The van der Waals surface area contributed by atoms with Crippen molar-refractivity contribution in [3.05, 3.63) is 0 Å². The summed E-state index contributed by atoms with van der Waals surface area (Å²) in [6.07, 6.45) is -12.6. The molecule has 0 amide bonds. The predicted octanol–water partition coefficient (Wildman–Crippen LogP) is -11.1. The van der Waals surface area contributed by atoms with Gasteiger partial charge in [0.25, 0.3) is 0 Å². The number of carbonyl (C=O) groups is 2. The molecule has 0 unspecified atom stereocenters. The second-order valence-electron chi connectivity index (χ2n) is 5.60. The molecule has 29 heavy (non-hydrogen) atoms. The summed E-state index contributed by atoms with van der Waals surface area (Å²) in [5.41, 5.74) is 2.98. The Morgan fingerprint density at radius 2 is 0.931 bits per heavy atom. The maximum atomic E-state index is 10.2. The normalized spacial score (nSPS) is 21.4. The first-order chi connectivity index (χ1) is 12.5. The van der Waals surface area contributed by atoms with Crippen molar-refractivity contribution in [2.24, 2.45) is 11.5 Å². The van der Waals surface area contributed by atoms with Gasteiger partial charge in [-0.3, -0.25) is 11.5 Å². The molecule has 14 N–H and O–H groups in total. The monoisotopic (exact) mass is 484 g/mol. The quantitative estimate of drug-likeness (QED) is 0.101. The third kappa shape index (κ3) is 9.18. The standard InChI is InChI=1S/2C6H13NO7.Zn/c2*7-6(14,5(12)13)4(11)3(10)2(9)1-8;/h2*2-4,8-11,14H,1,7H2,(H,12,13);/q;;+2/p-2/t2*2-,3-,4+,6-;/m11./s1. The molecule has 0 heterocycles. The van der Waals surface area contributed by atoms with Crippen molar-refractivity contribution in [3.8, 4) is 0 Å². The van der Waals surface area contributed by atoms with Crippen LogP contribution in [0.3, 0.4) is 0 Å². The molecule has 0 bridgehead atoms. The Bertz CT molecular complexity index is 463. The van der Waals surface area contributed by atoms with Crippen LogP contribution >= 0.6 is 0 Å². The maximum Gasteiger partial charge on any atom is 2.00 e. The molecule has 8 atom stereocenters. The fraction of sp³-hybridized carbons (Fsp3) is 0.833. The zero-order chi connectivity index (χ0) is 23.0. The van der Waals surface area contributed by atoms with Gasteiger partial charge in [-0.2, -0.15) is 0 Å². The minimum Gasteiger partial charge on any atom is -0.545 e. The van der Waals surface area contributed by atoms with Crippen LogP contribution in [-0.4, -0.2) is 124 Å². The first-order valence-corrected chi connectivity index (χ1v) is 7.25. The van der Waals surface area contributed by atoms with Gasteiger partial charge in [-0.25, -0.2) is 0 Å². The number of nitrogens with two attached hydrogens (primary N) is 2. The summed E-state index contributed by atoms with van der Waals surface area (Å²) in [7, 11) is 0. The van der Waals surface area contributed by atoms with Crippen LogP contribution in [-0.2, 0) is 29.1 Å². The third-order valence-corrected chi connectivity index (χ3v) is 3.37. The van der Waals surface area contributed by atoms with Crippen molar-refractivity contribution in [1.29, 1.82) is 0 Å². The van der Waals surface area contributed by atoms with E-state index in [4.69, 9.17) is 51.1 Å². The van der Waals surface area contributed by atoms with E-state index < -0.39 is 73.2 Å². The molecule has 17 heteroatoms. The molecular weight excluding hydrogens is 462 g/mol. The molecule has 0 fully saturated rings. The Morgan fingerprint density at radius 1 is 0.724 bits per heavy atom. The Balaban J connectivity index is -0.000000451. The van der Waals surface area contributed by atoms with Crippen LogP contribution in [0, 0.1) is 0 Å². The number of carboxylic acid groups (broad SMARTS) is 2. The van der Waals surface area contributed by atoms with E-state index in [-0.39, 0.29) is 19.5 Å². The maximum absolute atomic E-state index is 10.2. The molecule has 0 aliphatic rings. The third-order valence-electron chi connectivity index (χ3n) is 3.37. The Morgan fingerprint density at radius 3 is 1.07 bits per heavy atom. The van der Waals surface area contributed by atoms with E-state index in [1.807, 2.05) is 0 Å². The number of aliphatic hydroxyl groups is 10. The van der Waals surface area contributed by atoms with Gasteiger partial charge in [0.05, 0.1) is 25.2 Å². The molecule has 0 aromatic rings. The van der Waals surface area contributed by atoms with E-state index in [9.17, 15) is 19.8 Å². The first kappa shape index (κ1) is 32.7. The number of hydrogen-bond acceptors (Lipinski definition) is 16. The number of aliphatic hydroxyl groups excluding tert-OH is 8. The average Bonchev–Trinajstić information content (AvgIpc) is 2.63. The second-order valence-corrected chi connectivity index (χ2v) is 5.60. The number of hydrogen-bond donors (Lipinski definition) is 12. The second kappa shape index (κ2) is 13.4. The Labute approximate surface area is 175 Å². The number of rotatable bonds is 10. The van der Waals surface area contributed by atoms with Gasteiger partial charge in [-0.15, -0.1) is 0 Å². The molecule has 168 valence electrons. The van der Waals surface area contributed by atoms with Crippen molar-refractivity contribution >= 4 is 11.9 Å². The van der Waals surface area contributed by atoms with E-state index in [2.05, 4.69) is 11.5 Å². The van der Waals surface area contributed by atoms with Crippen LogP contribution in [0.25, 0.3) is 0 Å². The van der Waals surface area contributed by atoms with Crippen molar-refractivity contribution in [1.82, 2.24) is 0 Å². The van der Waals surface area contributed by atoms with Crippen LogP contribution in [0.4, 0.5) is 0 Å². The molecule has 0 aliphatic heterocycles. The molecule has 0 aromatic heterocycles. The molecular formula is C12H24N2O14Zn. The molecule has 0 aliphatic carbocycles. The Hall–Kier alpha value is -0.917. The summed E-state index contributed by atoms with van der Waals surface area (Å²) in [5, 5.41) is 108. The minimum atomic E-state index is -3.20. The van der Waals surface area contributed by atoms with Gasteiger partial charge in [0.15, 0.2) is 11.4 Å². The molecule has 16 nitrogen and oxygen atoms in total. The first-order valence-electron chi connectivity index (χ1n) is 7.25. The summed E-state index contributed by atoms with van der Waals surface area (Å²) in [5.74, 6) is -4.43. The van der Waals surface area contributed by atoms with Gasteiger partial charge < -0.3 is 70.9 Å². The predicted molar refractivity (Wildman–Crippen MR) is 78.5 cm³/mol. The number of carbonyl (C=O) groups excluding carboxylic acids is 2. The van der Waals surface area contributed by atoms with Crippen LogP contribution in [0.15, 0.2) is 0 Å². The minimum absolute atomic E-state index is 0. The molecule has 0 saturated carbocycles. The zero-order valence-electron chi connectivity index (χ0n) is 14.8. The molecule has 0 aromatic carbocycles. The van der Waals surface area contributed by atoms with E-state index >= 15 is 0 Å². The van der Waals surface area contributed by atoms with Gasteiger partial charge >= 0.3 is 19.5 Å². The van der Waals surface area contributed by atoms with Gasteiger partial charge in [0, 0.05) is 0 Å². The van der Waals surface area contributed by atoms with Crippen molar-refractivity contribution in [3.63, 3.8) is 0 Å². The van der Waals surface area contributed by atoms with Crippen LogP contribution < -0.4 is 21.7 Å².